The van der Waals surface area contributed by atoms with Gasteiger partial charge in [0, 0.05) is 23.7 Å². The zero-order valence-electron chi connectivity index (χ0n) is 12.8. The lowest BCUT2D eigenvalue weighted by molar-refractivity contribution is 0.289. The van der Waals surface area contributed by atoms with Crippen LogP contribution in [0.15, 0.2) is 24.3 Å². The first-order valence-corrected chi connectivity index (χ1v) is 7.67. The summed E-state index contributed by atoms with van der Waals surface area (Å²) >= 11 is 6.27. The Morgan fingerprint density at radius 1 is 1.33 bits per heavy atom. The normalized spacial score (nSPS) is 10.9. The molecule has 0 saturated heterocycles. The van der Waals surface area contributed by atoms with Gasteiger partial charge in [-0.1, -0.05) is 24.6 Å². The van der Waals surface area contributed by atoms with Crippen LogP contribution in [0.1, 0.15) is 30.8 Å². The molecule has 1 heterocycles. The van der Waals surface area contributed by atoms with Crippen LogP contribution < -0.4 is 10.1 Å². The van der Waals surface area contributed by atoms with Gasteiger partial charge in [0.05, 0.1) is 11.4 Å². The Kier molecular flexibility index (Phi) is 5.65. The molecule has 0 spiro atoms. The van der Waals surface area contributed by atoms with Gasteiger partial charge in [-0.15, -0.1) is 0 Å². The second-order valence-electron chi connectivity index (χ2n) is 4.88. The molecular weight excluding hydrogens is 286 g/mol. The van der Waals surface area contributed by atoms with Gasteiger partial charge < -0.3 is 10.1 Å². The average Bonchev–Trinajstić information content (AvgIpc) is 2.84. The number of benzene rings is 1. The Hall–Kier alpha value is -1.52. The fraction of sp³-hybridized carbons (Fsp3) is 0.438. The lowest BCUT2D eigenvalue weighted by Gasteiger charge is -2.13. The van der Waals surface area contributed by atoms with Gasteiger partial charge in [-0.25, -0.2) is 0 Å². The highest BCUT2D eigenvalue weighted by Gasteiger charge is 2.10. The summed E-state index contributed by atoms with van der Waals surface area (Å²) < 4.78 is 7.93. The quantitative estimate of drug-likeness (QED) is 0.850. The van der Waals surface area contributed by atoms with E-state index in [0.717, 1.165) is 40.8 Å². The summed E-state index contributed by atoms with van der Waals surface area (Å²) in [5, 5.41) is 8.45. The third-order valence-electron chi connectivity index (χ3n) is 3.29. The largest absolute Gasteiger partial charge is 0.487 e. The highest BCUT2D eigenvalue weighted by Crippen LogP contribution is 2.27. The van der Waals surface area contributed by atoms with E-state index in [1.54, 1.807) is 0 Å². The van der Waals surface area contributed by atoms with E-state index in [1.165, 1.54) is 0 Å². The number of halogens is 1. The number of hydrogen-bond donors (Lipinski definition) is 1. The van der Waals surface area contributed by atoms with Gasteiger partial charge >= 0.3 is 0 Å². The number of nitrogens with zero attached hydrogens (tertiary/aromatic N) is 2. The Bertz CT molecular complexity index is 595. The van der Waals surface area contributed by atoms with Crippen molar-refractivity contribution in [2.75, 3.05) is 6.54 Å². The highest BCUT2D eigenvalue weighted by atomic mass is 35.5. The van der Waals surface area contributed by atoms with Crippen LogP contribution in [-0.2, 0) is 19.7 Å². The van der Waals surface area contributed by atoms with Crippen LogP contribution in [0.5, 0.6) is 5.75 Å². The molecule has 0 aliphatic heterocycles. The van der Waals surface area contributed by atoms with Gasteiger partial charge in [-0.3, -0.25) is 4.68 Å². The molecular formula is C16H22ClN3O. The molecule has 0 radical (unpaired) electrons. The molecule has 1 aromatic carbocycles. The topological polar surface area (TPSA) is 39.1 Å². The van der Waals surface area contributed by atoms with Crippen molar-refractivity contribution >= 4 is 11.6 Å². The fourth-order valence-electron chi connectivity index (χ4n) is 2.24. The molecule has 0 bridgehead atoms. The number of aromatic nitrogens is 2. The molecule has 0 amide bonds. The van der Waals surface area contributed by atoms with E-state index in [9.17, 15) is 0 Å². The standard InChI is InChI=1S/C16H22ClN3O/c1-4-18-10-14-15(17)7-6-8-16(14)21-11-13-9-12(3)19-20(13)5-2/h6-9,18H,4-5,10-11H2,1-3H3. The highest BCUT2D eigenvalue weighted by molar-refractivity contribution is 6.31. The number of nitrogens with one attached hydrogen (secondary N) is 1. The second-order valence-corrected chi connectivity index (χ2v) is 5.29. The van der Waals surface area contributed by atoms with E-state index >= 15 is 0 Å². The minimum atomic E-state index is 0.494. The SMILES string of the molecule is CCNCc1c(Cl)cccc1OCc1cc(C)nn1CC. The zero-order valence-corrected chi connectivity index (χ0v) is 13.6. The first kappa shape index (κ1) is 15.9. The predicted octanol–water partition coefficient (Wildman–Crippen LogP) is 3.55. The summed E-state index contributed by atoms with van der Waals surface area (Å²) in [6, 6.07) is 7.81. The van der Waals surface area contributed by atoms with E-state index in [1.807, 2.05) is 29.8 Å². The van der Waals surface area contributed by atoms with E-state index in [2.05, 4.69) is 30.3 Å². The van der Waals surface area contributed by atoms with Gasteiger partial charge in [0.1, 0.15) is 12.4 Å². The van der Waals surface area contributed by atoms with Crippen LogP contribution in [-0.4, -0.2) is 16.3 Å². The molecule has 2 aromatic rings. The summed E-state index contributed by atoms with van der Waals surface area (Å²) in [7, 11) is 0. The van der Waals surface area contributed by atoms with Crippen LogP contribution in [0, 0.1) is 6.92 Å². The zero-order chi connectivity index (χ0) is 15.2. The van der Waals surface area contributed by atoms with Gasteiger partial charge in [0.25, 0.3) is 0 Å². The molecule has 2 rings (SSSR count). The lowest BCUT2D eigenvalue weighted by Crippen LogP contribution is -2.14. The average molecular weight is 308 g/mol. The molecule has 1 N–H and O–H groups in total. The first-order chi connectivity index (χ1) is 10.2. The molecule has 21 heavy (non-hydrogen) atoms. The molecule has 0 aliphatic carbocycles. The smallest absolute Gasteiger partial charge is 0.130 e. The van der Waals surface area contributed by atoms with Crippen LogP contribution >= 0.6 is 11.6 Å². The monoisotopic (exact) mass is 307 g/mol. The van der Waals surface area contributed by atoms with Crippen molar-refractivity contribution in [2.24, 2.45) is 0 Å². The molecule has 5 heteroatoms. The minimum Gasteiger partial charge on any atom is -0.487 e. The molecule has 0 saturated carbocycles. The summed E-state index contributed by atoms with van der Waals surface area (Å²) in [6.07, 6.45) is 0. The number of ether oxygens (including phenoxy) is 1. The Morgan fingerprint density at radius 3 is 2.86 bits per heavy atom. The van der Waals surface area contributed by atoms with E-state index < -0.39 is 0 Å². The molecule has 0 unspecified atom stereocenters. The third kappa shape index (κ3) is 3.99. The predicted molar refractivity (Wildman–Crippen MR) is 85.8 cm³/mol. The summed E-state index contributed by atoms with van der Waals surface area (Å²) in [4.78, 5) is 0. The van der Waals surface area contributed by atoms with Crippen molar-refractivity contribution in [3.05, 3.63) is 46.2 Å². The first-order valence-electron chi connectivity index (χ1n) is 7.30. The van der Waals surface area contributed by atoms with Crippen LogP contribution in [0.3, 0.4) is 0 Å². The maximum absolute atomic E-state index is 6.27. The Labute approximate surface area is 131 Å². The lowest BCUT2D eigenvalue weighted by atomic mass is 10.2. The van der Waals surface area contributed by atoms with Gasteiger partial charge in [0.2, 0.25) is 0 Å². The van der Waals surface area contributed by atoms with Crippen molar-refractivity contribution in [3.8, 4) is 5.75 Å². The number of rotatable bonds is 7. The van der Waals surface area contributed by atoms with Crippen molar-refractivity contribution in [2.45, 2.75) is 40.5 Å². The second kappa shape index (κ2) is 7.48. The Morgan fingerprint density at radius 2 is 2.14 bits per heavy atom. The number of hydrogen-bond acceptors (Lipinski definition) is 3. The van der Waals surface area contributed by atoms with Crippen molar-refractivity contribution in [1.82, 2.24) is 15.1 Å². The fourth-order valence-corrected chi connectivity index (χ4v) is 2.47. The molecule has 4 nitrogen and oxygen atoms in total. The van der Waals surface area contributed by atoms with Crippen LogP contribution in [0.4, 0.5) is 0 Å². The Balaban J connectivity index is 2.13. The van der Waals surface area contributed by atoms with E-state index in [0.29, 0.717) is 13.2 Å². The number of aryl methyl sites for hydroxylation is 2. The van der Waals surface area contributed by atoms with Crippen LogP contribution in [0.2, 0.25) is 5.02 Å². The van der Waals surface area contributed by atoms with Gasteiger partial charge in [0.15, 0.2) is 0 Å². The molecule has 114 valence electrons. The van der Waals surface area contributed by atoms with Crippen molar-refractivity contribution < 1.29 is 4.74 Å². The molecule has 0 fully saturated rings. The molecule has 1 aromatic heterocycles. The summed E-state index contributed by atoms with van der Waals surface area (Å²) in [5.74, 6) is 0.824. The maximum Gasteiger partial charge on any atom is 0.130 e. The van der Waals surface area contributed by atoms with Gasteiger partial charge in [-0.2, -0.15) is 5.10 Å². The van der Waals surface area contributed by atoms with Gasteiger partial charge in [-0.05, 0) is 38.6 Å². The summed E-state index contributed by atoms with van der Waals surface area (Å²) in [5.41, 5.74) is 3.08. The molecule has 0 atom stereocenters. The van der Waals surface area contributed by atoms with Crippen LogP contribution in [0.25, 0.3) is 0 Å². The maximum atomic E-state index is 6.27. The molecule has 0 aliphatic rings. The summed E-state index contributed by atoms with van der Waals surface area (Å²) in [6.45, 7) is 9.07. The third-order valence-corrected chi connectivity index (χ3v) is 3.64. The van der Waals surface area contributed by atoms with E-state index in [4.69, 9.17) is 16.3 Å². The van der Waals surface area contributed by atoms with E-state index in [-0.39, 0.29) is 0 Å². The van der Waals surface area contributed by atoms with Crippen molar-refractivity contribution in [1.29, 1.82) is 0 Å². The minimum absolute atomic E-state index is 0.494. The van der Waals surface area contributed by atoms with Crippen molar-refractivity contribution in [3.63, 3.8) is 0 Å².